The van der Waals surface area contributed by atoms with Gasteiger partial charge in [0.1, 0.15) is 5.82 Å². The Kier molecular flexibility index (Phi) is 5.31. The summed E-state index contributed by atoms with van der Waals surface area (Å²) in [7, 11) is 1.94. The number of nitrogens with zero attached hydrogens (tertiary/aromatic N) is 3. The maximum Gasteiger partial charge on any atom is 0.256 e. The van der Waals surface area contributed by atoms with Crippen molar-refractivity contribution < 1.29 is 14.0 Å². The van der Waals surface area contributed by atoms with E-state index in [0.717, 1.165) is 10.9 Å². The van der Waals surface area contributed by atoms with Crippen molar-refractivity contribution >= 4 is 28.4 Å². The monoisotopic (exact) mass is 394 g/mol. The largest absolute Gasteiger partial charge is 0.350 e. The second kappa shape index (κ2) is 8.05. The van der Waals surface area contributed by atoms with E-state index in [1.807, 2.05) is 51.9 Å². The van der Waals surface area contributed by atoms with Crippen LogP contribution in [0.2, 0.25) is 0 Å². The Morgan fingerprint density at radius 2 is 1.69 bits per heavy atom. The quantitative estimate of drug-likeness (QED) is 0.740. The van der Waals surface area contributed by atoms with Gasteiger partial charge in [-0.1, -0.05) is 18.2 Å². The maximum atomic E-state index is 13.0. The van der Waals surface area contributed by atoms with Crippen LogP contribution in [0.25, 0.3) is 10.9 Å². The van der Waals surface area contributed by atoms with Gasteiger partial charge in [0, 0.05) is 56.0 Å². The first kappa shape index (κ1) is 19.1. The van der Waals surface area contributed by atoms with Crippen LogP contribution in [0.15, 0.2) is 54.7 Å². The number of hydrogen-bond acceptors (Lipinski definition) is 3. The van der Waals surface area contributed by atoms with Crippen LogP contribution in [0.3, 0.4) is 0 Å². The summed E-state index contributed by atoms with van der Waals surface area (Å²) in [5.41, 5.74) is 2.32. The average Bonchev–Trinajstić information content (AvgIpc) is 3.07. The van der Waals surface area contributed by atoms with E-state index >= 15 is 0 Å². The van der Waals surface area contributed by atoms with Crippen LogP contribution in [0.1, 0.15) is 10.4 Å². The molecule has 150 valence electrons. The van der Waals surface area contributed by atoms with E-state index in [9.17, 15) is 14.0 Å². The Morgan fingerprint density at radius 3 is 2.41 bits per heavy atom. The minimum atomic E-state index is -0.338. The summed E-state index contributed by atoms with van der Waals surface area (Å²) < 4.78 is 14.9. The molecule has 0 aliphatic carbocycles. The second-order valence-corrected chi connectivity index (χ2v) is 7.29. The van der Waals surface area contributed by atoms with Crippen molar-refractivity contribution in [3.05, 3.63) is 66.1 Å². The zero-order chi connectivity index (χ0) is 20.4. The van der Waals surface area contributed by atoms with E-state index in [4.69, 9.17) is 0 Å². The van der Waals surface area contributed by atoms with E-state index in [1.54, 1.807) is 0 Å². The fraction of sp³-hybridized carbons (Fsp3) is 0.273. The Hall–Kier alpha value is -3.19. The molecule has 0 atom stereocenters. The van der Waals surface area contributed by atoms with Gasteiger partial charge < -0.3 is 14.8 Å². The number of carbonyl (C=O) groups is 2. The van der Waals surface area contributed by atoms with E-state index in [-0.39, 0.29) is 24.2 Å². The molecule has 2 amide bonds. The lowest BCUT2D eigenvalue weighted by atomic mass is 10.1. The molecule has 7 heteroatoms. The van der Waals surface area contributed by atoms with Crippen LogP contribution in [0.5, 0.6) is 0 Å². The number of anilines is 1. The predicted molar refractivity (Wildman–Crippen MR) is 110 cm³/mol. The fourth-order valence-electron chi connectivity index (χ4n) is 3.73. The number of para-hydroxylation sites is 1. The summed E-state index contributed by atoms with van der Waals surface area (Å²) in [6, 6.07) is 13.6. The molecule has 0 radical (unpaired) electrons. The molecule has 0 spiro atoms. The Labute approximate surface area is 168 Å². The predicted octanol–water partition coefficient (Wildman–Crippen LogP) is 2.71. The molecule has 1 aromatic heterocycles. The lowest BCUT2D eigenvalue weighted by Crippen LogP contribution is -2.50. The van der Waals surface area contributed by atoms with Crippen LogP contribution in [0.4, 0.5) is 10.1 Å². The van der Waals surface area contributed by atoms with Gasteiger partial charge in [0.2, 0.25) is 5.91 Å². The van der Waals surface area contributed by atoms with Gasteiger partial charge >= 0.3 is 0 Å². The van der Waals surface area contributed by atoms with Gasteiger partial charge in [-0.2, -0.15) is 0 Å². The highest BCUT2D eigenvalue weighted by molar-refractivity contribution is 6.07. The molecule has 6 nitrogen and oxygen atoms in total. The number of aromatic nitrogens is 1. The van der Waals surface area contributed by atoms with E-state index in [1.165, 1.54) is 24.3 Å². The van der Waals surface area contributed by atoms with Crippen LogP contribution in [0, 0.1) is 5.82 Å². The highest BCUT2D eigenvalue weighted by Crippen LogP contribution is 2.22. The summed E-state index contributed by atoms with van der Waals surface area (Å²) in [4.78, 5) is 29.1. The molecule has 1 aliphatic heterocycles. The third-order valence-electron chi connectivity index (χ3n) is 5.28. The summed E-state index contributed by atoms with van der Waals surface area (Å²) >= 11 is 0. The van der Waals surface area contributed by atoms with Crippen molar-refractivity contribution in [3.63, 3.8) is 0 Å². The van der Waals surface area contributed by atoms with Crippen molar-refractivity contribution in [2.75, 3.05) is 38.0 Å². The van der Waals surface area contributed by atoms with E-state index in [2.05, 4.69) is 5.32 Å². The number of halogens is 1. The summed E-state index contributed by atoms with van der Waals surface area (Å²) in [6.07, 6.45) is 1.88. The zero-order valence-electron chi connectivity index (χ0n) is 16.3. The minimum absolute atomic E-state index is 0.0252. The van der Waals surface area contributed by atoms with Crippen LogP contribution in [-0.2, 0) is 11.8 Å². The number of carbonyl (C=O) groups excluding carboxylic acids is 2. The molecule has 0 saturated carbocycles. The number of aryl methyl sites for hydroxylation is 1. The normalized spacial score (nSPS) is 14.9. The number of benzene rings is 2. The van der Waals surface area contributed by atoms with Crippen molar-refractivity contribution in [1.29, 1.82) is 0 Å². The molecular formula is C22H23FN4O2. The Balaban J connectivity index is 1.33. The van der Waals surface area contributed by atoms with Crippen molar-refractivity contribution in [2.24, 2.45) is 7.05 Å². The number of fused-ring (bicyclic) bond motifs is 1. The first-order chi connectivity index (χ1) is 14.0. The van der Waals surface area contributed by atoms with E-state index < -0.39 is 0 Å². The van der Waals surface area contributed by atoms with Gasteiger partial charge in [-0.15, -0.1) is 0 Å². The van der Waals surface area contributed by atoms with Gasteiger partial charge in [0.25, 0.3) is 5.91 Å². The topological polar surface area (TPSA) is 57.6 Å². The molecule has 0 bridgehead atoms. The molecule has 1 fully saturated rings. The highest BCUT2D eigenvalue weighted by atomic mass is 19.1. The molecule has 1 N–H and O–H groups in total. The molecule has 29 heavy (non-hydrogen) atoms. The van der Waals surface area contributed by atoms with Crippen LogP contribution in [-0.4, -0.2) is 58.9 Å². The second-order valence-electron chi connectivity index (χ2n) is 7.29. The average molecular weight is 394 g/mol. The summed E-state index contributed by atoms with van der Waals surface area (Å²) in [6.45, 7) is 2.66. The lowest BCUT2D eigenvalue weighted by molar-refractivity contribution is -0.117. The standard InChI is InChI=1S/C22H23FN4O2/c1-25-14-19(18-4-2-3-5-20(18)25)22(29)27-12-10-26(11-13-27)15-21(28)24-17-8-6-16(23)7-9-17/h2-9,14H,10-13,15H2,1H3,(H,24,28). The zero-order valence-corrected chi connectivity index (χ0v) is 16.3. The van der Waals surface area contributed by atoms with Gasteiger partial charge in [0.05, 0.1) is 12.1 Å². The van der Waals surface area contributed by atoms with Gasteiger partial charge in [-0.25, -0.2) is 4.39 Å². The van der Waals surface area contributed by atoms with Gasteiger partial charge in [-0.05, 0) is 30.3 Å². The highest BCUT2D eigenvalue weighted by Gasteiger charge is 2.25. The van der Waals surface area contributed by atoms with Crippen LogP contribution < -0.4 is 5.32 Å². The molecule has 0 unspecified atom stereocenters. The molecule has 4 rings (SSSR count). The maximum absolute atomic E-state index is 13.0. The number of piperazine rings is 1. The molecule has 1 saturated heterocycles. The Bertz CT molecular complexity index is 1040. The molecule has 1 aliphatic rings. The fourth-order valence-corrected chi connectivity index (χ4v) is 3.73. The van der Waals surface area contributed by atoms with Crippen molar-refractivity contribution in [1.82, 2.24) is 14.4 Å². The smallest absolute Gasteiger partial charge is 0.256 e. The lowest BCUT2D eigenvalue weighted by Gasteiger charge is -2.34. The number of hydrogen-bond donors (Lipinski definition) is 1. The first-order valence-corrected chi connectivity index (χ1v) is 9.62. The number of rotatable bonds is 4. The summed E-state index contributed by atoms with van der Waals surface area (Å²) in [5, 5.41) is 3.73. The molecular weight excluding hydrogens is 371 g/mol. The molecule has 2 heterocycles. The number of nitrogens with one attached hydrogen (secondary N) is 1. The Morgan fingerprint density at radius 1 is 1.00 bits per heavy atom. The molecule has 3 aromatic rings. The minimum Gasteiger partial charge on any atom is -0.350 e. The summed E-state index contributed by atoms with van der Waals surface area (Å²) in [5.74, 6) is -0.461. The van der Waals surface area contributed by atoms with Crippen LogP contribution >= 0.6 is 0 Å². The van der Waals surface area contributed by atoms with Crippen molar-refractivity contribution in [3.8, 4) is 0 Å². The van der Waals surface area contributed by atoms with E-state index in [0.29, 0.717) is 37.4 Å². The van der Waals surface area contributed by atoms with Gasteiger partial charge in [-0.3, -0.25) is 14.5 Å². The third-order valence-corrected chi connectivity index (χ3v) is 5.28. The first-order valence-electron chi connectivity index (χ1n) is 9.62. The third kappa shape index (κ3) is 4.14. The molecule has 2 aromatic carbocycles. The van der Waals surface area contributed by atoms with Crippen molar-refractivity contribution in [2.45, 2.75) is 0 Å². The number of amides is 2. The SMILES string of the molecule is Cn1cc(C(=O)N2CCN(CC(=O)Nc3ccc(F)cc3)CC2)c2ccccc21. The van der Waals surface area contributed by atoms with Gasteiger partial charge in [0.15, 0.2) is 0 Å².